The molecule has 1 aromatic carbocycles. The van der Waals surface area contributed by atoms with E-state index in [-0.39, 0.29) is 0 Å². The second-order valence-electron chi connectivity index (χ2n) is 8.51. The number of hydrogen-bond acceptors (Lipinski definition) is 5. The maximum absolute atomic E-state index is 5.42. The minimum Gasteiger partial charge on any atom is -0.497 e. The first-order valence-corrected chi connectivity index (χ1v) is 11.2. The highest BCUT2D eigenvalue weighted by Crippen LogP contribution is 2.30. The lowest BCUT2D eigenvalue weighted by atomic mass is 9.94. The van der Waals surface area contributed by atoms with Gasteiger partial charge in [0, 0.05) is 56.6 Å². The molecule has 168 valence electrons. The van der Waals surface area contributed by atoms with Gasteiger partial charge in [-0.25, -0.2) is 0 Å². The molecule has 2 saturated heterocycles. The largest absolute Gasteiger partial charge is 0.497 e. The van der Waals surface area contributed by atoms with Gasteiger partial charge in [-0.3, -0.25) is 4.99 Å². The number of likely N-dealkylation sites (tertiary alicyclic amines) is 1. The Morgan fingerprint density at radius 2 is 1.63 bits per heavy atom. The molecule has 0 spiro atoms. The summed E-state index contributed by atoms with van der Waals surface area (Å²) in [5, 5.41) is 7.15. The van der Waals surface area contributed by atoms with Crippen molar-refractivity contribution in [3.05, 3.63) is 18.2 Å². The van der Waals surface area contributed by atoms with Crippen LogP contribution in [-0.4, -0.2) is 77.9 Å². The molecule has 2 fully saturated rings. The van der Waals surface area contributed by atoms with E-state index in [0.717, 1.165) is 61.5 Å². The molecular weight excluding hydrogens is 378 g/mol. The summed E-state index contributed by atoms with van der Waals surface area (Å²) < 4.78 is 10.8. The molecule has 0 aliphatic carbocycles. The summed E-state index contributed by atoms with van der Waals surface area (Å²) in [4.78, 5) is 9.27. The van der Waals surface area contributed by atoms with E-state index in [1.165, 1.54) is 32.4 Å². The predicted molar refractivity (Wildman–Crippen MR) is 124 cm³/mol. The third-order valence-corrected chi connectivity index (χ3v) is 6.44. The Bertz CT molecular complexity index is 658. The number of methoxy groups -OCH3 is 2. The lowest BCUT2D eigenvalue weighted by molar-refractivity contribution is 0.213. The fourth-order valence-corrected chi connectivity index (χ4v) is 4.39. The molecule has 2 aliphatic heterocycles. The van der Waals surface area contributed by atoms with E-state index in [2.05, 4.69) is 44.6 Å². The molecule has 0 unspecified atom stereocenters. The smallest absolute Gasteiger partial charge is 0.191 e. The molecule has 3 rings (SSSR count). The van der Waals surface area contributed by atoms with Gasteiger partial charge < -0.3 is 29.9 Å². The van der Waals surface area contributed by atoms with E-state index in [0.29, 0.717) is 6.04 Å². The molecule has 0 saturated carbocycles. The first-order chi connectivity index (χ1) is 14.6. The van der Waals surface area contributed by atoms with Crippen molar-refractivity contribution in [2.45, 2.75) is 38.1 Å². The van der Waals surface area contributed by atoms with E-state index in [9.17, 15) is 0 Å². The van der Waals surface area contributed by atoms with Gasteiger partial charge in [-0.2, -0.15) is 0 Å². The number of piperidine rings is 2. The standard InChI is InChI=1S/C23H39N5O2/c1-24-23(25-10-5-18-6-11-27(2)12-7-18)26-19-8-13-28(14-9-19)20-15-21(29-3)17-22(16-20)30-4/h15-19H,5-14H2,1-4H3,(H2,24,25,26). The molecule has 7 nitrogen and oxygen atoms in total. The predicted octanol–water partition coefficient (Wildman–Crippen LogP) is 2.57. The summed E-state index contributed by atoms with van der Waals surface area (Å²) in [5.74, 6) is 3.44. The monoisotopic (exact) mass is 417 g/mol. The minimum atomic E-state index is 0.447. The highest BCUT2D eigenvalue weighted by molar-refractivity contribution is 5.80. The molecule has 30 heavy (non-hydrogen) atoms. The zero-order chi connectivity index (χ0) is 21.3. The van der Waals surface area contributed by atoms with Gasteiger partial charge in [-0.15, -0.1) is 0 Å². The average Bonchev–Trinajstić information content (AvgIpc) is 2.79. The van der Waals surface area contributed by atoms with Crippen molar-refractivity contribution in [3.8, 4) is 11.5 Å². The number of anilines is 1. The number of rotatable bonds is 7. The summed E-state index contributed by atoms with van der Waals surface area (Å²) in [5.41, 5.74) is 1.16. The number of guanidine groups is 1. The Balaban J connectivity index is 1.42. The van der Waals surface area contributed by atoms with E-state index in [4.69, 9.17) is 9.47 Å². The first-order valence-electron chi connectivity index (χ1n) is 11.2. The van der Waals surface area contributed by atoms with Crippen molar-refractivity contribution < 1.29 is 9.47 Å². The average molecular weight is 418 g/mol. The molecule has 2 N–H and O–H groups in total. The number of nitrogens with one attached hydrogen (secondary N) is 2. The number of hydrogen-bond donors (Lipinski definition) is 2. The van der Waals surface area contributed by atoms with Gasteiger partial charge in [0.25, 0.3) is 0 Å². The van der Waals surface area contributed by atoms with E-state index < -0.39 is 0 Å². The molecule has 2 heterocycles. The number of ether oxygens (including phenoxy) is 2. The summed E-state index contributed by atoms with van der Waals surface area (Å²) in [7, 11) is 7.47. The molecule has 7 heteroatoms. The Morgan fingerprint density at radius 3 is 2.20 bits per heavy atom. The second kappa shape index (κ2) is 11.3. The van der Waals surface area contributed by atoms with Crippen LogP contribution < -0.4 is 25.0 Å². The van der Waals surface area contributed by atoms with Gasteiger partial charge >= 0.3 is 0 Å². The zero-order valence-corrected chi connectivity index (χ0v) is 19.1. The molecule has 1 aromatic rings. The Hall–Kier alpha value is -2.15. The van der Waals surface area contributed by atoms with Crippen molar-refractivity contribution in [2.75, 3.05) is 65.9 Å². The van der Waals surface area contributed by atoms with Gasteiger partial charge in [0.1, 0.15) is 11.5 Å². The number of aliphatic imine (C=N–C) groups is 1. The summed E-state index contributed by atoms with van der Waals surface area (Å²) in [6.45, 7) is 5.46. The van der Waals surface area contributed by atoms with Crippen molar-refractivity contribution in [2.24, 2.45) is 10.9 Å². The molecule has 0 radical (unpaired) electrons. The SMILES string of the molecule is CN=C(NCCC1CCN(C)CC1)NC1CCN(c2cc(OC)cc(OC)c2)CC1. The zero-order valence-electron chi connectivity index (χ0n) is 19.1. The summed E-state index contributed by atoms with van der Waals surface area (Å²) in [6, 6.07) is 6.53. The fraction of sp³-hybridized carbons (Fsp3) is 0.696. The van der Waals surface area contributed by atoms with E-state index >= 15 is 0 Å². The fourth-order valence-electron chi connectivity index (χ4n) is 4.39. The highest BCUT2D eigenvalue weighted by Gasteiger charge is 2.21. The van der Waals surface area contributed by atoms with Gasteiger partial charge in [-0.05, 0) is 58.2 Å². The van der Waals surface area contributed by atoms with Gasteiger partial charge in [-0.1, -0.05) is 0 Å². The summed E-state index contributed by atoms with van der Waals surface area (Å²) in [6.07, 6.45) is 6.02. The van der Waals surface area contributed by atoms with Gasteiger partial charge in [0.2, 0.25) is 0 Å². The van der Waals surface area contributed by atoms with Crippen LogP contribution in [0.1, 0.15) is 32.1 Å². The minimum absolute atomic E-state index is 0.447. The van der Waals surface area contributed by atoms with Crippen LogP contribution in [0, 0.1) is 5.92 Å². The van der Waals surface area contributed by atoms with Crippen molar-refractivity contribution in [1.82, 2.24) is 15.5 Å². The Morgan fingerprint density at radius 1 is 1.00 bits per heavy atom. The molecule has 0 atom stereocenters. The Kier molecular flexibility index (Phi) is 8.49. The van der Waals surface area contributed by atoms with Crippen LogP contribution in [-0.2, 0) is 0 Å². The lowest BCUT2D eigenvalue weighted by Gasteiger charge is -2.35. The van der Waals surface area contributed by atoms with Crippen LogP contribution in [0.4, 0.5) is 5.69 Å². The quantitative estimate of drug-likeness (QED) is 0.525. The number of nitrogens with zero attached hydrogens (tertiary/aromatic N) is 3. The molecule has 0 amide bonds. The van der Waals surface area contributed by atoms with Gasteiger partial charge in [0.05, 0.1) is 14.2 Å². The normalized spacial score (nSPS) is 19.6. The van der Waals surface area contributed by atoms with Crippen molar-refractivity contribution in [1.29, 1.82) is 0 Å². The summed E-state index contributed by atoms with van der Waals surface area (Å²) >= 11 is 0. The van der Waals surface area contributed by atoms with Crippen LogP contribution in [0.5, 0.6) is 11.5 Å². The van der Waals surface area contributed by atoms with Crippen LogP contribution in [0.25, 0.3) is 0 Å². The molecule has 0 bridgehead atoms. The van der Waals surface area contributed by atoms with Crippen LogP contribution in [0.3, 0.4) is 0 Å². The highest BCUT2D eigenvalue weighted by atomic mass is 16.5. The van der Waals surface area contributed by atoms with Crippen molar-refractivity contribution in [3.63, 3.8) is 0 Å². The molecule has 2 aliphatic rings. The van der Waals surface area contributed by atoms with E-state index in [1.54, 1.807) is 14.2 Å². The van der Waals surface area contributed by atoms with Crippen LogP contribution in [0.2, 0.25) is 0 Å². The number of benzene rings is 1. The third kappa shape index (κ3) is 6.42. The first kappa shape index (κ1) is 22.5. The maximum atomic E-state index is 5.42. The maximum Gasteiger partial charge on any atom is 0.191 e. The lowest BCUT2D eigenvalue weighted by Crippen LogP contribution is -2.49. The van der Waals surface area contributed by atoms with Gasteiger partial charge in [0.15, 0.2) is 5.96 Å². The Labute approximate surface area is 181 Å². The second-order valence-corrected chi connectivity index (χ2v) is 8.51. The third-order valence-electron chi connectivity index (χ3n) is 6.44. The van der Waals surface area contributed by atoms with E-state index in [1.807, 2.05) is 13.1 Å². The van der Waals surface area contributed by atoms with Crippen molar-refractivity contribution >= 4 is 11.6 Å². The van der Waals surface area contributed by atoms with Crippen LogP contribution in [0.15, 0.2) is 23.2 Å². The topological polar surface area (TPSA) is 61.4 Å². The van der Waals surface area contributed by atoms with Crippen LogP contribution >= 0.6 is 0 Å². The molecular formula is C23H39N5O2. The molecule has 0 aromatic heterocycles.